The second-order valence-corrected chi connectivity index (χ2v) is 11.2. The molecule has 0 unspecified atom stereocenters. The van der Waals surface area contributed by atoms with Gasteiger partial charge in [-0.3, -0.25) is 19.2 Å². The van der Waals surface area contributed by atoms with Crippen LogP contribution in [0.2, 0.25) is 0 Å². The van der Waals surface area contributed by atoms with Gasteiger partial charge in [0.05, 0.1) is 18.3 Å². The maximum atomic E-state index is 12.3. The van der Waals surface area contributed by atoms with Gasteiger partial charge in [0, 0.05) is 42.1 Å². The summed E-state index contributed by atoms with van der Waals surface area (Å²) in [6.45, 7) is 6.83. The first kappa shape index (κ1) is 25.0. The Hall–Kier alpha value is -2.01. The van der Waals surface area contributed by atoms with E-state index in [9.17, 15) is 23.3 Å². The number of non-ortho nitro benzene ring substituents is 1. The van der Waals surface area contributed by atoms with E-state index in [1.807, 2.05) is 0 Å². The molecule has 0 spiro atoms. The van der Waals surface area contributed by atoms with E-state index in [1.54, 1.807) is 11.8 Å². The number of hydrogen-bond acceptors (Lipinski definition) is 7. The number of methoxy groups -OCH3 is 1. The summed E-state index contributed by atoms with van der Waals surface area (Å²) < 4.78 is 30.8. The largest absolute Gasteiger partial charge is 0.495 e. The number of thioether (sulfide) groups is 1. The van der Waals surface area contributed by atoms with Crippen molar-refractivity contribution < 1.29 is 22.9 Å². The zero-order valence-corrected chi connectivity index (χ0v) is 19.1. The van der Waals surface area contributed by atoms with Crippen LogP contribution in [0.5, 0.6) is 5.75 Å². The highest BCUT2D eigenvalue weighted by Crippen LogP contribution is 2.33. The van der Waals surface area contributed by atoms with Gasteiger partial charge in [0.1, 0.15) is 11.4 Å². The summed E-state index contributed by atoms with van der Waals surface area (Å²) >= 11 is 1.74. The van der Waals surface area contributed by atoms with Crippen LogP contribution in [0.4, 0.5) is 11.4 Å². The standard InChI is InChI=1S/C18H29N3O6S2/c1-18(2,3)28-12-10-19-17(22)7-6-11-20(29(5,25)26)15-13-14(21(23)24)8-9-16(15)27-4/h8-9,13H,6-7,10-12H2,1-5H3,(H,19,22). The average Bonchev–Trinajstić information content (AvgIpc) is 2.60. The molecule has 0 saturated heterocycles. The monoisotopic (exact) mass is 447 g/mol. The molecule has 164 valence electrons. The Morgan fingerprint density at radius 2 is 2.00 bits per heavy atom. The molecule has 0 atom stereocenters. The highest BCUT2D eigenvalue weighted by Gasteiger charge is 2.24. The van der Waals surface area contributed by atoms with Gasteiger partial charge in [0.2, 0.25) is 15.9 Å². The van der Waals surface area contributed by atoms with Gasteiger partial charge < -0.3 is 10.1 Å². The smallest absolute Gasteiger partial charge is 0.271 e. The number of carbonyl (C=O) groups is 1. The van der Waals surface area contributed by atoms with Crippen molar-refractivity contribution in [3.05, 3.63) is 28.3 Å². The van der Waals surface area contributed by atoms with Crippen LogP contribution in [0, 0.1) is 10.1 Å². The zero-order chi connectivity index (χ0) is 22.2. The summed E-state index contributed by atoms with van der Waals surface area (Å²) in [6.07, 6.45) is 1.41. The number of nitro benzene ring substituents is 1. The minimum Gasteiger partial charge on any atom is -0.495 e. The van der Waals surface area contributed by atoms with Crippen molar-refractivity contribution in [2.24, 2.45) is 0 Å². The number of anilines is 1. The lowest BCUT2D eigenvalue weighted by Gasteiger charge is -2.24. The Kier molecular flexibility index (Phi) is 9.21. The molecular weight excluding hydrogens is 418 g/mol. The van der Waals surface area contributed by atoms with E-state index in [2.05, 4.69) is 26.1 Å². The van der Waals surface area contributed by atoms with Crippen LogP contribution in [0.15, 0.2) is 18.2 Å². The number of rotatable bonds is 11. The number of hydrogen-bond donors (Lipinski definition) is 1. The molecule has 0 bridgehead atoms. The Morgan fingerprint density at radius 3 is 2.52 bits per heavy atom. The molecule has 1 rings (SSSR count). The maximum absolute atomic E-state index is 12.3. The molecule has 1 amide bonds. The van der Waals surface area contributed by atoms with Gasteiger partial charge in [-0.25, -0.2) is 8.42 Å². The number of nitrogens with zero attached hydrogens (tertiary/aromatic N) is 2. The summed E-state index contributed by atoms with van der Waals surface area (Å²) in [4.78, 5) is 22.5. The lowest BCUT2D eigenvalue weighted by atomic mass is 10.2. The zero-order valence-electron chi connectivity index (χ0n) is 17.4. The third kappa shape index (κ3) is 8.90. The molecule has 1 aromatic rings. The predicted octanol–water partition coefficient (Wildman–Crippen LogP) is 2.80. The second-order valence-electron chi connectivity index (χ2n) is 7.36. The van der Waals surface area contributed by atoms with Crippen molar-refractivity contribution in [1.82, 2.24) is 5.32 Å². The van der Waals surface area contributed by atoms with E-state index >= 15 is 0 Å². The topological polar surface area (TPSA) is 119 Å². The van der Waals surface area contributed by atoms with Crippen LogP contribution in [-0.4, -0.2) is 56.2 Å². The molecular formula is C18H29N3O6S2. The fourth-order valence-corrected chi connectivity index (χ4v) is 4.25. The third-order valence-electron chi connectivity index (χ3n) is 3.77. The van der Waals surface area contributed by atoms with Crippen LogP contribution in [0.1, 0.15) is 33.6 Å². The van der Waals surface area contributed by atoms with Gasteiger partial charge in [0.25, 0.3) is 5.69 Å². The number of carbonyl (C=O) groups excluding carboxylic acids is 1. The molecule has 9 nitrogen and oxygen atoms in total. The minimum atomic E-state index is -3.73. The molecule has 0 aliphatic heterocycles. The van der Waals surface area contributed by atoms with E-state index in [4.69, 9.17) is 4.74 Å². The second kappa shape index (κ2) is 10.7. The number of benzene rings is 1. The van der Waals surface area contributed by atoms with Gasteiger partial charge in [-0.15, -0.1) is 0 Å². The SMILES string of the molecule is COc1ccc([N+](=O)[O-])cc1N(CCCC(=O)NCCSC(C)(C)C)S(C)(=O)=O. The predicted molar refractivity (Wildman–Crippen MR) is 116 cm³/mol. The van der Waals surface area contributed by atoms with E-state index in [1.165, 1.54) is 19.2 Å². The molecule has 0 aliphatic carbocycles. The van der Waals surface area contributed by atoms with E-state index in [0.29, 0.717) is 6.54 Å². The first-order chi connectivity index (χ1) is 13.3. The molecule has 0 aliphatic rings. The highest BCUT2D eigenvalue weighted by molar-refractivity contribution is 8.00. The Balaban J connectivity index is 2.77. The van der Waals surface area contributed by atoms with Gasteiger partial charge in [-0.1, -0.05) is 20.8 Å². The molecule has 1 aromatic carbocycles. The van der Waals surface area contributed by atoms with Gasteiger partial charge in [0.15, 0.2) is 0 Å². The van der Waals surface area contributed by atoms with Gasteiger partial charge in [-0.05, 0) is 12.5 Å². The Morgan fingerprint density at radius 1 is 1.34 bits per heavy atom. The fourth-order valence-electron chi connectivity index (χ4n) is 2.47. The summed E-state index contributed by atoms with van der Waals surface area (Å²) in [6, 6.07) is 3.75. The third-order valence-corrected chi connectivity index (χ3v) is 6.22. The molecule has 0 aromatic heterocycles. The minimum absolute atomic E-state index is 0.000518. The maximum Gasteiger partial charge on any atom is 0.271 e. The van der Waals surface area contributed by atoms with Crippen LogP contribution in [0.3, 0.4) is 0 Å². The van der Waals surface area contributed by atoms with Crippen LogP contribution < -0.4 is 14.4 Å². The summed E-state index contributed by atoms with van der Waals surface area (Å²) in [7, 11) is -2.38. The Labute approximate surface area is 176 Å². The number of sulfonamides is 1. The average molecular weight is 448 g/mol. The summed E-state index contributed by atoms with van der Waals surface area (Å²) in [5.74, 6) is 0.818. The lowest BCUT2D eigenvalue weighted by molar-refractivity contribution is -0.384. The number of amides is 1. The molecule has 1 N–H and O–H groups in total. The number of ether oxygens (including phenoxy) is 1. The Bertz CT molecular complexity index is 821. The summed E-state index contributed by atoms with van der Waals surface area (Å²) in [5, 5.41) is 13.9. The highest BCUT2D eigenvalue weighted by atomic mass is 32.2. The number of nitro groups is 1. The molecule has 0 radical (unpaired) electrons. The van der Waals surface area contributed by atoms with Crippen LogP contribution >= 0.6 is 11.8 Å². The van der Waals surface area contributed by atoms with Crippen LogP contribution in [-0.2, 0) is 14.8 Å². The van der Waals surface area contributed by atoms with E-state index in [-0.39, 0.29) is 47.2 Å². The van der Waals surface area contributed by atoms with Gasteiger partial charge >= 0.3 is 0 Å². The summed E-state index contributed by atoms with van der Waals surface area (Å²) in [5.41, 5.74) is -0.172. The number of nitrogens with one attached hydrogen (secondary N) is 1. The first-order valence-electron chi connectivity index (χ1n) is 9.06. The fraction of sp³-hybridized carbons (Fsp3) is 0.611. The van der Waals surface area contributed by atoms with Crippen LogP contribution in [0.25, 0.3) is 0 Å². The molecule has 0 fully saturated rings. The lowest BCUT2D eigenvalue weighted by Crippen LogP contribution is -2.33. The first-order valence-corrected chi connectivity index (χ1v) is 11.9. The molecule has 0 heterocycles. The molecule has 29 heavy (non-hydrogen) atoms. The van der Waals surface area contributed by atoms with E-state index < -0.39 is 14.9 Å². The quantitative estimate of drug-likeness (QED) is 0.315. The normalized spacial score (nSPS) is 11.8. The van der Waals surface area contributed by atoms with Crippen molar-refractivity contribution in [2.75, 3.05) is 36.5 Å². The van der Waals surface area contributed by atoms with Crippen molar-refractivity contribution in [1.29, 1.82) is 0 Å². The van der Waals surface area contributed by atoms with Crippen molar-refractivity contribution in [3.63, 3.8) is 0 Å². The van der Waals surface area contributed by atoms with Crippen molar-refractivity contribution >= 4 is 39.1 Å². The molecule has 11 heteroatoms. The van der Waals surface area contributed by atoms with Crippen molar-refractivity contribution in [3.8, 4) is 5.75 Å². The van der Waals surface area contributed by atoms with Crippen molar-refractivity contribution in [2.45, 2.75) is 38.4 Å². The molecule has 0 saturated carbocycles. The van der Waals surface area contributed by atoms with Gasteiger partial charge in [-0.2, -0.15) is 11.8 Å². The van der Waals surface area contributed by atoms with E-state index in [0.717, 1.165) is 22.4 Å².